The van der Waals surface area contributed by atoms with Gasteiger partial charge in [-0.3, -0.25) is 0 Å². The van der Waals surface area contributed by atoms with E-state index < -0.39 is 0 Å². The lowest BCUT2D eigenvalue weighted by Gasteiger charge is -2.08. The first-order valence-corrected chi connectivity index (χ1v) is 7.49. The van der Waals surface area contributed by atoms with Crippen molar-refractivity contribution in [3.05, 3.63) is 72.0 Å². The van der Waals surface area contributed by atoms with Gasteiger partial charge in [0.1, 0.15) is 11.6 Å². The van der Waals surface area contributed by atoms with Crippen molar-refractivity contribution in [2.24, 2.45) is 0 Å². The second-order valence-electron chi connectivity index (χ2n) is 5.21. The van der Waals surface area contributed by atoms with Crippen molar-refractivity contribution in [2.75, 3.05) is 11.9 Å². The predicted octanol–water partition coefficient (Wildman–Crippen LogP) is 3.29. The summed E-state index contributed by atoms with van der Waals surface area (Å²) in [5, 5.41) is 17.0. The number of anilines is 1. The molecule has 4 nitrogen and oxygen atoms in total. The molecule has 0 aliphatic heterocycles. The van der Waals surface area contributed by atoms with Gasteiger partial charge in [-0.15, -0.1) is 0 Å². The van der Waals surface area contributed by atoms with Crippen molar-refractivity contribution >= 4 is 5.82 Å². The molecule has 0 unspecified atom stereocenters. The van der Waals surface area contributed by atoms with Crippen molar-refractivity contribution in [1.29, 1.82) is 0 Å². The van der Waals surface area contributed by atoms with Crippen LogP contribution in [-0.2, 0) is 13.1 Å². The van der Waals surface area contributed by atoms with Gasteiger partial charge in [0.25, 0.3) is 0 Å². The normalized spacial score (nSPS) is 10.7. The Labute approximate surface area is 134 Å². The standard InChI is InChI=1S/C18H18FN3O/c19-16-8-4-5-14(11-16)13-20-18-12-17(21-22(18)9-10-23)15-6-2-1-3-7-15/h1-8,11-12,20,23H,9-10,13H2. The summed E-state index contributed by atoms with van der Waals surface area (Å²) < 4.78 is 15.0. The van der Waals surface area contributed by atoms with Gasteiger partial charge in [-0.25, -0.2) is 9.07 Å². The van der Waals surface area contributed by atoms with Crippen LogP contribution in [0.4, 0.5) is 10.2 Å². The first kappa shape index (κ1) is 15.2. The fourth-order valence-electron chi connectivity index (χ4n) is 2.41. The van der Waals surface area contributed by atoms with E-state index >= 15 is 0 Å². The summed E-state index contributed by atoms with van der Waals surface area (Å²) in [7, 11) is 0. The second kappa shape index (κ2) is 7.07. The minimum atomic E-state index is -0.252. The highest BCUT2D eigenvalue weighted by atomic mass is 19.1. The second-order valence-corrected chi connectivity index (χ2v) is 5.21. The molecule has 0 amide bonds. The predicted molar refractivity (Wildman–Crippen MR) is 88.5 cm³/mol. The highest BCUT2D eigenvalue weighted by molar-refractivity contribution is 5.63. The molecule has 0 radical (unpaired) electrons. The van der Waals surface area contributed by atoms with Crippen LogP contribution in [0.2, 0.25) is 0 Å². The molecule has 3 rings (SSSR count). The van der Waals surface area contributed by atoms with E-state index in [0.717, 1.165) is 22.6 Å². The van der Waals surface area contributed by atoms with E-state index in [1.54, 1.807) is 10.7 Å². The summed E-state index contributed by atoms with van der Waals surface area (Å²) in [4.78, 5) is 0. The Morgan fingerprint density at radius 1 is 1.04 bits per heavy atom. The largest absolute Gasteiger partial charge is 0.394 e. The molecule has 0 saturated heterocycles. The molecule has 2 aromatic carbocycles. The fourth-order valence-corrected chi connectivity index (χ4v) is 2.41. The van der Waals surface area contributed by atoms with Crippen LogP contribution < -0.4 is 5.32 Å². The van der Waals surface area contributed by atoms with Crippen molar-refractivity contribution in [3.8, 4) is 11.3 Å². The van der Waals surface area contributed by atoms with Crippen LogP contribution in [0, 0.1) is 5.82 Å². The SMILES string of the molecule is OCCn1nc(-c2ccccc2)cc1NCc1cccc(F)c1. The molecule has 3 aromatic rings. The Hall–Kier alpha value is -2.66. The summed E-state index contributed by atoms with van der Waals surface area (Å²) >= 11 is 0. The number of aliphatic hydroxyl groups excluding tert-OH is 1. The Balaban J connectivity index is 1.81. The maximum Gasteiger partial charge on any atom is 0.125 e. The van der Waals surface area contributed by atoms with Gasteiger partial charge in [0.15, 0.2) is 0 Å². The lowest BCUT2D eigenvalue weighted by atomic mass is 10.1. The van der Waals surface area contributed by atoms with Gasteiger partial charge in [0, 0.05) is 18.2 Å². The summed E-state index contributed by atoms with van der Waals surface area (Å²) in [6.45, 7) is 0.895. The van der Waals surface area contributed by atoms with E-state index in [1.165, 1.54) is 12.1 Å². The fraction of sp³-hybridized carbons (Fsp3) is 0.167. The van der Waals surface area contributed by atoms with E-state index in [9.17, 15) is 9.50 Å². The quantitative estimate of drug-likeness (QED) is 0.734. The molecule has 118 valence electrons. The lowest BCUT2D eigenvalue weighted by Crippen LogP contribution is -2.10. The van der Waals surface area contributed by atoms with E-state index in [-0.39, 0.29) is 12.4 Å². The Morgan fingerprint density at radius 3 is 2.61 bits per heavy atom. The summed E-state index contributed by atoms with van der Waals surface area (Å²) in [5.74, 6) is 0.542. The maximum atomic E-state index is 13.2. The average molecular weight is 311 g/mol. The number of hydrogen-bond donors (Lipinski definition) is 2. The first-order chi connectivity index (χ1) is 11.3. The number of aliphatic hydroxyl groups is 1. The molecule has 0 bridgehead atoms. The van der Waals surface area contributed by atoms with Gasteiger partial charge in [-0.2, -0.15) is 5.10 Å². The molecule has 5 heteroatoms. The van der Waals surface area contributed by atoms with Crippen molar-refractivity contribution in [2.45, 2.75) is 13.1 Å². The van der Waals surface area contributed by atoms with E-state index in [2.05, 4.69) is 10.4 Å². The molecule has 0 aliphatic carbocycles. The van der Waals surface area contributed by atoms with Gasteiger partial charge in [0.2, 0.25) is 0 Å². The van der Waals surface area contributed by atoms with Gasteiger partial charge < -0.3 is 10.4 Å². The van der Waals surface area contributed by atoms with Gasteiger partial charge in [-0.1, -0.05) is 42.5 Å². The Bertz CT molecular complexity index is 771. The zero-order valence-corrected chi connectivity index (χ0v) is 12.6. The van der Waals surface area contributed by atoms with Crippen molar-refractivity contribution in [3.63, 3.8) is 0 Å². The van der Waals surface area contributed by atoms with Crippen LogP contribution in [-0.4, -0.2) is 21.5 Å². The highest BCUT2D eigenvalue weighted by Crippen LogP contribution is 2.22. The molecule has 2 N–H and O–H groups in total. The van der Waals surface area contributed by atoms with Crippen LogP contribution >= 0.6 is 0 Å². The highest BCUT2D eigenvalue weighted by Gasteiger charge is 2.09. The van der Waals surface area contributed by atoms with Gasteiger partial charge >= 0.3 is 0 Å². The number of hydrogen-bond acceptors (Lipinski definition) is 3. The number of nitrogens with one attached hydrogen (secondary N) is 1. The lowest BCUT2D eigenvalue weighted by molar-refractivity contribution is 0.270. The van der Waals surface area contributed by atoms with Gasteiger partial charge in [0.05, 0.1) is 18.8 Å². The van der Waals surface area contributed by atoms with Crippen LogP contribution in [0.25, 0.3) is 11.3 Å². The average Bonchev–Trinajstić information content (AvgIpc) is 2.97. The zero-order valence-electron chi connectivity index (χ0n) is 12.6. The molecule has 1 heterocycles. The molecular weight excluding hydrogens is 293 g/mol. The van der Waals surface area contributed by atoms with Crippen LogP contribution in [0.1, 0.15) is 5.56 Å². The maximum absolute atomic E-state index is 13.2. The molecule has 0 spiro atoms. The van der Waals surface area contributed by atoms with Crippen molar-refractivity contribution < 1.29 is 9.50 Å². The number of rotatable bonds is 6. The van der Waals surface area contributed by atoms with Crippen LogP contribution in [0.3, 0.4) is 0 Å². The summed E-state index contributed by atoms with van der Waals surface area (Å²) in [5.41, 5.74) is 2.70. The molecule has 1 aromatic heterocycles. The Kier molecular flexibility index (Phi) is 4.68. The third-order valence-electron chi connectivity index (χ3n) is 3.52. The van der Waals surface area contributed by atoms with E-state index in [4.69, 9.17) is 0 Å². The third-order valence-corrected chi connectivity index (χ3v) is 3.52. The minimum absolute atomic E-state index is 0.00452. The van der Waals surface area contributed by atoms with Crippen molar-refractivity contribution in [1.82, 2.24) is 9.78 Å². The van der Waals surface area contributed by atoms with Crippen LogP contribution in [0.5, 0.6) is 0 Å². The third kappa shape index (κ3) is 3.76. The van der Waals surface area contributed by atoms with Gasteiger partial charge in [-0.05, 0) is 17.7 Å². The molecule has 0 atom stereocenters. The minimum Gasteiger partial charge on any atom is -0.394 e. The molecular formula is C18H18FN3O. The van der Waals surface area contributed by atoms with E-state index in [0.29, 0.717) is 13.1 Å². The molecule has 23 heavy (non-hydrogen) atoms. The number of nitrogens with zero attached hydrogens (tertiary/aromatic N) is 2. The summed E-state index contributed by atoms with van der Waals surface area (Å²) in [6, 6.07) is 18.3. The number of benzene rings is 2. The monoisotopic (exact) mass is 311 g/mol. The smallest absolute Gasteiger partial charge is 0.125 e. The van der Waals surface area contributed by atoms with E-state index in [1.807, 2.05) is 42.5 Å². The zero-order chi connectivity index (χ0) is 16.1. The topological polar surface area (TPSA) is 50.1 Å². The number of aromatic nitrogens is 2. The summed E-state index contributed by atoms with van der Waals surface area (Å²) in [6.07, 6.45) is 0. The van der Waals surface area contributed by atoms with Crippen LogP contribution in [0.15, 0.2) is 60.7 Å². The Morgan fingerprint density at radius 2 is 1.87 bits per heavy atom. The molecule has 0 saturated carbocycles. The molecule has 0 aliphatic rings. The first-order valence-electron chi connectivity index (χ1n) is 7.49. The molecule has 0 fully saturated rings. The number of halogens is 1.